The normalized spacial score (nSPS) is 17.7. The van der Waals surface area contributed by atoms with Gasteiger partial charge in [0, 0.05) is 10.4 Å². The fourth-order valence-electron chi connectivity index (χ4n) is 3.50. The van der Waals surface area contributed by atoms with Crippen LogP contribution in [-0.2, 0) is 19.1 Å². The topological polar surface area (TPSA) is 108 Å². The van der Waals surface area contributed by atoms with Crippen LogP contribution < -0.4 is 10.6 Å². The van der Waals surface area contributed by atoms with Crippen molar-refractivity contribution >= 4 is 51.2 Å². The molecule has 2 amide bonds. The summed E-state index contributed by atoms with van der Waals surface area (Å²) in [5.74, 6) is -3.65. The van der Waals surface area contributed by atoms with E-state index in [1.165, 1.54) is 7.11 Å². The second kappa shape index (κ2) is 10.7. The van der Waals surface area contributed by atoms with Gasteiger partial charge in [-0.2, -0.15) is 5.26 Å². The number of anilines is 1. The Kier molecular flexibility index (Phi) is 7.95. The third-order valence-electron chi connectivity index (χ3n) is 5.17. The summed E-state index contributed by atoms with van der Waals surface area (Å²) < 4.78 is 5.59. The van der Waals surface area contributed by atoms with Crippen LogP contribution >= 0.6 is 27.7 Å². The minimum Gasteiger partial charge on any atom is -0.468 e. The Morgan fingerprint density at radius 3 is 2.45 bits per heavy atom. The number of ether oxygens (including phenoxy) is 1. The molecule has 0 aliphatic carbocycles. The molecule has 1 aliphatic heterocycles. The first kappa shape index (κ1) is 24.6. The lowest BCUT2D eigenvalue weighted by Gasteiger charge is -2.31. The van der Waals surface area contributed by atoms with Gasteiger partial charge in [-0.1, -0.05) is 47.7 Å². The van der Waals surface area contributed by atoms with Crippen molar-refractivity contribution in [2.24, 2.45) is 5.92 Å². The molecule has 0 aromatic heterocycles. The zero-order valence-corrected chi connectivity index (χ0v) is 20.7. The second-order valence-corrected chi connectivity index (χ2v) is 9.39. The number of amides is 2. The van der Waals surface area contributed by atoms with Gasteiger partial charge in [0.1, 0.15) is 5.92 Å². The Balaban J connectivity index is 1.88. The van der Waals surface area contributed by atoms with E-state index < -0.39 is 23.7 Å². The molecule has 0 spiro atoms. The van der Waals surface area contributed by atoms with Crippen LogP contribution in [0.2, 0.25) is 0 Å². The van der Waals surface area contributed by atoms with Crippen LogP contribution in [-0.4, -0.2) is 30.6 Å². The molecular weight excluding hydrogens is 506 g/mol. The van der Waals surface area contributed by atoms with E-state index in [1.807, 2.05) is 38.1 Å². The number of methoxy groups -OCH3 is 1. The van der Waals surface area contributed by atoms with Crippen molar-refractivity contribution in [1.29, 1.82) is 5.26 Å². The molecule has 3 rings (SSSR count). The van der Waals surface area contributed by atoms with Gasteiger partial charge in [0.2, 0.25) is 11.8 Å². The summed E-state index contributed by atoms with van der Waals surface area (Å²) in [6.45, 7) is 3.86. The number of thioether (sulfide) groups is 1. The van der Waals surface area contributed by atoms with Crippen molar-refractivity contribution in [3.05, 3.63) is 74.2 Å². The molecule has 1 heterocycles. The van der Waals surface area contributed by atoms with E-state index >= 15 is 0 Å². The zero-order valence-electron chi connectivity index (χ0n) is 18.3. The van der Waals surface area contributed by atoms with Gasteiger partial charge in [0.15, 0.2) is 0 Å². The summed E-state index contributed by atoms with van der Waals surface area (Å²) in [5.41, 5.74) is 3.53. The van der Waals surface area contributed by atoms with Gasteiger partial charge in [-0.25, -0.2) is 0 Å². The van der Waals surface area contributed by atoms with E-state index in [9.17, 15) is 19.6 Å². The molecule has 0 fully saturated rings. The smallest absolute Gasteiger partial charge is 0.319 e. The molecular formula is C24H22BrN3O4S. The summed E-state index contributed by atoms with van der Waals surface area (Å²) in [4.78, 5) is 37.8. The fraction of sp³-hybridized carbons (Fsp3) is 0.250. The third kappa shape index (κ3) is 5.64. The van der Waals surface area contributed by atoms with E-state index in [0.717, 1.165) is 27.4 Å². The second-order valence-electron chi connectivity index (χ2n) is 7.55. The number of aryl methyl sites for hydroxylation is 2. The Hall–Kier alpha value is -3.09. The SMILES string of the molecule is COC(=O)[C@@H]1C(=O)NC(SCC(=O)Nc2ccc(C)cc2Br)=C(C#N)[C@@H]1c1ccc(C)cc1. The standard InChI is InChI=1S/C24H22BrN3O4S/c1-13-4-7-15(8-5-13)20-16(11-26)23(28-22(30)21(20)24(31)32-3)33-12-19(29)27-18-9-6-14(2)10-17(18)25/h4-10,20-21H,12H2,1-3H3,(H,27,29)(H,28,30)/t20-,21-/m0/s1. The number of halogens is 1. The largest absolute Gasteiger partial charge is 0.468 e. The van der Waals surface area contributed by atoms with Crippen molar-refractivity contribution in [2.75, 3.05) is 18.2 Å². The minimum absolute atomic E-state index is 0.0371. The van der Waals surface area contributed by atoms with Crippen LogP contribution in [0, 0.1) is 31.1 Å². The van der Waals surface area contributed by atoms with Crippen LogP contribution in [0.4, 0.5) is 5.69 Å². The van der Waals surface area contributed by atoms with Crippen molar-refractivity contribution < 1.29 is 19.1 Å². The quantitative estimate of drug-likeness (QED) is 0.431. The molecule has 170 valence electrons. The summed E-state index contributed by atoms with van der Waals surface area (Å²) in [6, 6.07) is 15.0. The Bertz CT molecular complexity index is 1170. The van der Waals surface area contributed by atoms with Gasteiger partial charge < -0.3 is 15.4 Å². The van der Waals surface area contributed by atoms with Crippen molar-refractivity contribution in [3.8, 4) is 6.07 Å². The first-order valence-electron chi connectivity index (χ1n) is 10.0. The average molecular weight is 528 g/mol. The van der Waals surface area contributed by atoms with Gasteiger partial charge in [-0.15, -0.1) is 0 Å². The number of allylic oxidation sites excluding steroid dienone is 1. The maximum atomic E-state index is 12.9. The predicted octanol–water partition coefficient (Wildman–Crippen LogP) is 4.18. The van der Waals surface area contributed by atoms with E-state index in [4.69, 9.17) is 4.74 Å². The number of hydrogen-bond acceptors (Lipinski definition) is 6. The van der Waals surface area contributed by atoms with Crippen LogP contribution in [0.15, 0.2) is 57.5 Å². The fourth-order valence-corrected chi connectivity index (χ4v) is 4.94. The predicted molar refractivity (Wildman–Crippen MR) is 130 cm³/mol. The van der Waals surface area contributed by atoms with Gasteiger partial charge >= 0.3 is 5.97 Å². The van der Waals surface area contributed by atoms with E-state index in [0.29, 0.717) is 11.3 Å². The van der Waals surface area contributed by atoms with E-state index in [2.05, 4.69) is 32.6 Å². The maximum Gasteiger partial charge on any atom is 0.319 e. The molecule has 0 bridgehead atoms. The number of hydrogen-bond donors (Lipinski definition) is 2. The molecule has 2 aromatic carbocycles. The van der Waals surface area contributed by atoms with Crippen LogP contribution in [0.1, 0.15) is 22.6 Å². The number of rotatable bonds is 6. The van der Waals surface area contributed by atoms with E-state index in [1.54, 1.807) is 18.2 Å². The average Bonchev–Trinajstić information content (AvgIpc) is 2.79. The van der Waals surface area contributed by atoms with Crippen LogP contribution in [0.3, 0.4) is 0 Å². The van der Waals surface area contributed by atoms with Gasteiger partial charge in [-0.05, 0) is 53.0 Å². The number of nitriles is 1. The third-order valence-corrected chi connectivity index (χ3v) is 6.84. The lowest BCUT2D eigenvalue weighted by molar-refractivity contribution is -0.150. The number of nitrogens with one attached hydrogen (secondary N) is 2. The lowest BCUT2D eigenvalue weighted by Crippen LogP contribution is -2.44. The van der Waals surface area contributed by atoms with Gasteiger partial charge in [0.05, 0.1) is 35.2 Å². The molecule has 0 unspecified atom stereocenters. The summed E-state index contributed by atoms with van der Waals surface area (Å²) in [6.07, 6.45) is 0. The Morgan fingerprint density at radius 2 is 1.85 bits per heavy atom. The minimum atomic E-state index is -1.20. The number of esters is 1. The molecule has 7 nitrogen and oxygen atoms in total. The van der Waals surface area contributed by atoms with Gasteiger partial charge in [-0.3, -0.25) is 14.4 Å². The molecule has 0 radical (unpaired) electrons. The molecule has 0 saturated heterocycles. The summed E-state index contributed by atoms with van der Waals surface area (Å²) in [7, 11) is 1.20. The van der Waals surface area contributed by atoms with Gasteiger partial charge in [0.25, 0.3) is 0 Å². The van der Waals surface area contributed by atoms with Crippen LogP contribution in [0.25, 0.3) is 0 Å². The molecule has 0 saturated carbocycles. The maximum absolute atomic E-state index is 12.9. The first-order chi connectivity index (χ1) is 15.7. The number of carbonyl (C=O) groups is 3. The zero-order chi connectivity index (χ0) is 24.1. The molecule has 2 aromatic rings. The molecule has 9 heteroatoms. The monoisotopic (exact) mass is 527 g/mol. The highest BCUT2D eigenvalue weighted by atomic mass is 79.9. The van der Waals surface area contributed by atoms with Crippen molar-refractivity contribution in [3.63, 3.8) is 0 Å². The lowest BCUT2D eigenvalue weighted by atomic mass is 9.78. The summed E-state index contributed by atoms with van der Waals surface area (Å²) in [5, 5.41) is 15.6. The molecule has 1 aliphatic rings. The highest BCUT2D eigenvalue weighted by molar-refractivity contribution is 9.10. The number of nitrogens with zero attached hydrogens (tertiary/aromatic N) is 1. The first-order valence-corrected chi connectivity index (χ1v) is 11.8. The number of benzene rings is 2. The highest BCUT2D eigenvalue weighted by Crippen LogP contribution is 2.40. The molecule has 2 atom stereocenters. The van der Waals surface area contributed by atoms with Crippen LogP contribution in [0.5, 0.6) is 0 Å². The molecule has 33 heavy (non-hydrogen) atoms. The highest BCUT2D eigenvalue weighted by Gasteiger charge is 2.44. The Labute approximate surface area is 204 Å². The van der Waals surface area contributed by atoms with Crippen molar-refractivity contribution in [1.82, 2.24) is 5.32 Å². The summed E-state index contributed by atoms with van der Waals surface area (Å²) >= 11 is 4.46. The number of carbonyl (C=O) groups excluding carboxylic acids is 3. The van der Waals surface area contributed by atoms with E-state index in [-0.39, 0.29) is 22.3 Å². The molecule has 2 N–H and O–H groups in total. The Morgan fingerprint density at radius 1 is 1.18 bits per heavy atom. The van der Waals surface area contributed by atoms with Crippen molar-refractivity contribution in [2.45, 2.75) is 19.8 Å².